The molecule has 0 aliphatic heterocycles. The standard InChI is InChI=1S/C14H12O6S2/c15-21(16)19-13-8-4-7-12(14(13)20-22(17)18)10-9-11-5-2-1-3-6-11/h1-10H,(H,15,16)(H,17,18)/p-2/b10-9+. The van der Waals surface area contributed by atoms with Crippen LogP contribution < -0.4 is 8.37 Å². The van der Waals surface area contributed by atoms with Crippen molar-refractivity contribution in [1.82, 2.24) is 0 Å². The molecule has 0 saturated heterocycles. The summed E-state index contributed by atoms with van der Waals surface area (Å²) < 4.78 is 52.0. The van der Waals surface area contributed by atoms with Crippen molar-refractivity contribution >= 4 is 34.9 Å². The third-order valence-electron chi connectivity index (χ3n) is 2.57. The summed E-state index contributed by atoms with van der Waals surface area (Å²) in [4.78, 5) is 0. The number of rotatable bonds is 6. The molecule has 0 aromatic heterocycles. The molecule has 0 radical (unpaired) electrons. The van der Waals surface area contributed by atoms with Crippen molar-refractivity contribution in [2.45, 2.75) is 0 Å². The quantitative estimate of drug-likeness (QED) is 0.591. The Balaban J connectivity index is 2.39. The van der Waals surface area contributed by atoms with Gasteiger partial charge in [0.2, 0.25) is 0 Å². The number of hydrogen-bond acceptors (Lipinski definition) is 6. The molecule has 2 rings (SSSR count). The van der Waals surface area contributed by atoms with E-state index in [0.717, 1.165) is 5.56 Å². The molecule has 0 amide bonds. The Bertz CT molecular complexity index is 715. The van der Waals surface area contributed by atoms with Crippen molar-refractivity contribution in [3.05, 3.63) is 59.7 Å². The minimum atomic E-state index is -2.86. The monoisotopic (exact) mass is 338 g/mol. The van der Waals surface area contributed by atoms with Crippen LogP contribution in [0.25, 0.3) is 12.2 Å². The van der Waals surface area contributed by atoms with Crippen molar-refractivity contribution in [1.29, 1.82) is 0 Å². The summed E-state index contributed by atoms with van der Waals surface area (Å²) in [6.07, 6.45) is 3.33. The van der Waals surface area contributed by atoms with E-state index in [1.807, 2.05) is 30.3 Å². The average molecular weight is 338 g/mol. The van der Waals surface area contributed by atoms with Gasteiger partial charge < -0.3 is 17.5 Å². The van der Waals surface area contributed by atoms with E-state index in [0.29, 0.717) is 5.56 Å². The zero-order valence-electron chi connectivity index (χ0n) is 11.0. The largest absolute Gasteiger partial charge is 0.740 e. The fourth-order valence-corrected chi connectivity index (χ4v) is 2.30. The Morgan fingerprint density at radius 2 is 1.50 bits per heavy atom. The molecule has 116 valence electrons. The number of para-hydroxylation sites is 1. The molecule has 2 atom stereocenters. The third kappa shape index (κ3) is 4.78. The molecule has 0 saturated carbocycles. The molecule has 0 bridgehead atoms. The highest BCUT2D eigenvalue weighted by atomic mass is 32.2. The lowest BCUT2D eigenvalue weighted by Gasteiger charge is -2.15. The van der Waals surface area contributed by atoms with Crippen molar-refractivity contribution in [2.75, 3.05) is 0 Å². The molecule has 2 aromatic rings. The molecule has 0 heterocycles. The van der Waals surface area contributed by atoms with Gasteiger partial charge in [0.15, 0.2) is 11.5 Å². The van der Waals surface area contributed by atoms with E-state index in [4.69, 9.17) is 0 Å². The van der Waals surface area contributed by atoms with Crippen LogP contribution in [0, 0.1) is 0 Å². The van der Waals surface area contributed by atoms with Gasteiger partial charge in [-0.1, -0.05) is 54.6 Å². The number of hydrogen-bond donors (Lipinski definition) is 0. The van der Waals surface area contributed by atoms with Crippen LogP contribution in [-0.4, -0.2) is 17.5 Å². The molecule has 2 aromatic carbocycles. The normalized spacial score (nSPS) is 13.7. The first kappa shape index (κ1) is 16.4. The van der Waals surface area contributed by atoms with Crippen molar-refractivity contribution in [3.63, 3.8) is 0 Å². The van der Waals surface area contributed by atoms with Crippen molar-refractivity contribution in [2.24, 2.45) is 0 Å². The zero-order valence-corrected chi connectivity index (χ0v) is 12.7. The van der Waals surface area contributed by atoms with Crippen LogP contribution in [0.4, 0.5) is 0 Å². The zero-order chi connectivity index (χ0) is 15.9. The van der Waals surface area contributed by atoms with Gasteiger partial charge in [-0.3, -0.25) is 0 Å². The van der Waals surface area contributed by atoms with Gasteiger partial charge in [-0.2, -0.15) is 0 Å². The molecule has 0 aliphatic rings. The first-order valence-corrected chi connectivity index (χ1v) is 7.97. The molecular formula is C14H10O6S2-2. The van der Waals surface area contributed by atoms with Crippen molar-refractivity contribution in [3.8, 4) is 11.5 Å². The van der Waals surface area contributed by atoms with E-state index >= 15 is 0 Å². The summed E-state index contributed by atoms with van der Waals surface area (Å²) in [5.74, 6) is -0.417. The third-order valence-corrected chi connectivity index (χ3v) is 3.19. The van der Waals surface area contributed by atoms with E-state index in [2.05, 4.69) is 8.37 Å². The van der Waals surface area contributed by atoms with Gasteiger partial charge in [0.25, 0.3) is 0 Å². The van der Waals surface area contributed by atoms with E-state index < -0.39 is 22.7 Å². The highest BCUT2D eigenvalue weighted by Crippen LogP contribution is 2.33. The molecule has 0 spiro atoms. The SMILES string of the molecule is O=S([O-])Oc1cccc(/C=C/c2ccccc2)c1OS(=O)[O-]. The summed E-state index contributed by atoms with van der Waals surface area (Å²) in [6, 6.07) is 13.7. The Morgan fingerprint density at radius 1 is 0.818 bits per heavy atom. The van der Waals surface area contributed by atoms with Gasteiger partial charge in [-0.05, 0) is 11.6 Å². The topological polar surface area (TPSA) is 98.7 Å². The molecule has 0 N–H and O–H groups in total. The van der Waals surface area contributed by atoms with Crippen LogP contribution in [0.1, 0.15) is 11.1 Å². The Hall–Kier alpha value is -2.00. The second kappa shape index (κ2) is 7.85. The smallest absolute Gasteiger partial charge is 0.189 e. The minimum Gasteiger partial charge on any atom is -0.740 e. The van der Waals surface area contributed by atoms with Crippen LogP contribution in [0.2, 0.25) is 0 Å². The van der Waals surface area contributed by atoms with E-state index in [1.54, 1.807) is 18.2 Å². The maximum absolute atomic E-state index is 10.8. The maximum Gasteiger partial charge on any atom is 0.189 e. The van der Waals surface area contributed by atoms with E-state index in [1.165, 1.54) is 12.1 Å². The number of benzene rings is 2. The summed E-state index contributed by atoms with van der Waals surface area (Å²) in [6.45, 7) is 0. The summed E-state index contributed by atoms with van der Waals surface area (Å²) in [7, 11) is 0. The second-order valence-corrected chi connectivity index (χ2v) is 5.14. The van der Waals surface area contributed by atoms with Gasteiger partial charge in [0.1, 0.15) is 22.7 Å². The van der Waals surface area contributed by atoms with Crippen LogP contribution in [0.3, 0.4) is 0 Å². The highest BCUT2D eigenvalue weighted by molar-refractivity contribution is 7.74. The molecule has 6 nitrogen and oxygen atoms in total. The highest BCUT2D eigenvalue weighted by Gasteiger charge is 2.11. The predicted octanol–water partition coefficient (Wildman–Crippen LogP) is 2.20. The summed E-state index contributed by atoms with van der Waals surface area (Å²) in [5.41, 5.74) is 1.24. The van der Waals surface area contributed by atoms with Crippen LogP contribution in [0.5, 0.6) is 11.5 Å². The summed E-state index contributed by atoms with van der Waals surface area (Å²) in [5, 5.41) is 0. The average Bonchev–Trinajstić information content (AvgIpc) is 2.48. The van der Waals surface area contributed by atoms with Gasteiger partial charge in [0.05, 0.1) is 0 Å². The molecule has 22 heavy (non-hydrogen) atoms. The van der Waals surface area contributed by atoms with E-state index in [-0.39, 0.29) is 11.5 Å². The predicted molar refractivity (Wildman–Crippen MR) is 80.9 cm³/mol. The Kier molecular flexibility index (Phi) is 5.84. The lowest BCUT2D eigenvalue weighted by Crippen LogP contribution is -2.04. The van der Waals surface area contributed by atoms with E-state index in [9.17, 15) is 17.5 Å². The molecule has 2 unspecified atom stereocenters. The van der Waals surface area contributed by atoms with Gasteiger partial charge in [0, 0.05) is 5.56 Å². The minimum absolute atomic E-state index is 0.202. The fraction of sp³-hybridized carbons (Fsp3) is 0. The molecular weight excluding hydrogens is 328 g/mol. The van der Waals surface area contributed by atoms with Gasteiger partial charge in [-0.15, -0.1) is 0 Å². The first-order valence-electron chi connectivity index (χ1n) is 5.97. The lowest BCUT2D eigenvalue weighted by atomic mass is 10.1. The fourth-order valence-electron chi connectivity index (χ4n) is 1.71. The Labute approximate surface area is 132 Å². The molecule has 0 aliphatic carbocycles. The lowest BCUT2D eigenvalue weighted by molar-refractivity contribution is 0.411. The van der Waals surface area contributed by atoms with Crippen LogP contribution in [0.15, 0.2) is 48.5 Å². The first-order chi connectivity index (χ1) is 10.6. The Morgan fingerprint density at radius 3 is 2.14 bits per heavy atom. The summed E-state index contributed by atoms with van der Waals surface area (Å²) >= 11 is -5.71. The van der Waals surface area contributed by atoms with Gasteiger partial charge in [-0.25, -0.2) is 8.42 Å². The second-order valence-electron chi connectivity index (χ2n) is 3.99. The molecule has 0 fully saturated rings. The van der Waals surface area contributed by atoms with Crippen LogP contribution >= 0.6 is 0 Å². The maximum atomic E-state index is 10.8. The van der Waals surface area contributed by atoms with Crippen molar-refractivity contribution < 1.29 is 25.9 Å². The van der Waals surface area contributed by atoms with Crippen LogP contribution in [-0.2, 0) is 22.7 Å². The van der Waals surface area contributed by atoms with Gasteiger partial charge >= 0.3 is 0 Å². The molecule has 8 heteroatoms.